The van der Waals surface area contributed by atoms with Crippen LogP contribution in [0.2, 0.25) is 0 Å². The molecule has 0 spiro atoms. The number of para-hydroxylation sites is 1. The van der Waals surface area contributed by atoms with Gasteiger partial charge in [-0.3, -0.25) is 4.79 Å². The fourth-order valence-corrected chi connectivity index (χ4v) is 3.41. The van der Waals surface area contributed by atoms with Gasteiger partial charge in [0.15, 0.2) is 0 Å². The maximum Gasteiger partial charge on any atom is 0.232 e. The maximum absolute atomic E-state index is 12.4. The summed E-state index contributed by atoms with van der Waals surface area (Å²) < 4.78 is 0. The highest BCUT2D eigenvalue weighted by molar-refractivity contribution is 6.03. The number of carbonyl (C=O) groups is 1. The van der Waals surface area contributed by atoms with Gasteiger partial charge in [-0.15, -0.1) is 0 Å². The molecule has 19 heavy (non-hydrogen) atoms. The molecule has 0 aliphatic carbocycles. The smallest absolute Gasteiger partial charge is 0.232 e. The zero-order chi connectivity index (χ0) is 12.8. The van der Waals surface area contributed by atoms with Crippen molar-refractivity contribution in [1.29, 1.82) is 0 Å². The lowest BCUT2D eigenvalue weighted by atomic mass is 9.91. The summed E-state index contributed by atoms with van der Waals surface area (Å²) >= 11 is 0. The van der Waals surface area contributed by atoms with Crippen molar-refractivity contribution in [2.75, 3.05) is 4.90 Å². The molecule has 1 amide bonds. The third kappa shape index (κ3) is 1.53. The summed E-state index contributed by atoms with van der Waals surface area (Å²) in [5, 5.41) is 0. The van der Waals surface area contributed by atoms with E-state index in [2.05, 4.69) is 42.5 Å². The van der Waals surface area contributed by atoms with Crippen LogP contribution in [0.4, 0.5) is 5.69 Å². The SMILES string of the molecule is O=C1Cc2cccc3c2N1C(c1ccccc1)CC3. The Morgan fingerprint density at radius 2 is 1.74 bits per heavy atom. The number of hydrogen-bond acceptors (Lipinski definition) is 1. The van der Waals surface area contributed by atoms with Crippen LogP contribution < -0.4 is 4.90 Å². The first-order chi connectivity index (χ1) is 9.34. The van der Waals surface area contributed by atoms with E-state index in [4.69, 9.17) is 0 Å². The van der Waals surface area contributed by atoms with E-state index in [1.165, 1.54) is 22.4 Å². The molecule has 0 fully saturated rings. The topological polar surface area (TPSA) is 20.3 Å². The van der Waals surface area contributed by atoms with Gasteiger partial charge < -0.3 is 4.90 Å². The lowest BCUT2D eigenvalue weighted by Gasteiger charge is -2.34. The number of carbonyl (C=O) groups excluding carboxylic acids is 1. The van der Waals surface area contributed by atoms with Gasteiger partial charge >= 0.3 is 0 Å². The first-order valence-corrected chi connectivity index (χ1v) is 6.82. The molecule has 2 aliphatic heterocycles. The third-order valence-electron chi connectivity index (χ3n) is 4.24. The van der Waals surface area contributed by atoms with Gasteiger partial charge in [0, 0.05) is 0 Å². The lowest BCUT2D eigenvalue weighted by molar-refractivity contribution is -0.117. The molecule has 0 radical (unpaired) electrons. The summed E-state index contributed by atoms with van der Waals surface area (Å²) in [7, 11) is 0. The summed E-state index contributed by atoms with van der Waals surface area (Å²) in [5.74, 6) is 0.246. The minimum atomic E-state index is 0.213. The normalized spacial score (nSPS) is 20.5. The molecule has 1 unspecified atom stereocenters. The molecule has 4 rings (SSSR count). The second kappa shape index (κ2) is 3.95. The first kappa shape index (κ1) is 10.8. The average molecular weight is 249 g/mol. The van der Waals surface area contributed by atoms with Gasteiger partial charge in [-0.2, -0.15) is 0 Å². The Balaban J connectivity index is 1.85. The van der Waals surface area contributed by atoms with Gasteiger partial charge in [0.2, 0.25) is 5.91 Å². The molecule has 2 aliphatic rings. The Bertz CT molecular complexity index is 648. The highest BCUT2D eigenvalue weighted by Crippen LogP contribution is 2.44. The molecule has 0 aromatic heterocycles. The Labute approximate surface area is 112 Å². The van der Waals surface area contributed by atoms with E-state index in [0.717, 1.165) is 12.8 Å². The summed E-state index contributed by atoms with van der Waals surface area (Å²) in [6.45, 7) is 0. The number of rotatable bonds is 1. The Kier molecular flexibility index (Phi) is 2.25. The van der Waals surface area contributed by atoms with Crippen LogP contribution in [-0.4, -0.2) is 5.91 Å². The molecule has 0 saturated heterocycles. The molecule has 0 N–H and O–H groups in total. The van der Waals surface area contributed by atoms with Crippen LogP contribution in [0.3, 0.4) is 0 Å². The van der Waals surface area contributed by atoms with E-state index in [0.29, 0.717) is 6.42 Å². The zero-order valence-corrected chi connectivity index (χ0v) is 10.7. The molecule has 94 valence electrons. The Morgan fingerprint density at radius 1 is 0.947 bits per heavy atom. The minimum Gasteiger partial charge on any atom is -0.304 e. The summed E-state index contributed by atoms with van der Waals surface area (Å²) in [6.07, 6.45) is 2.64. The number of aryl methyl sites for hydroxylation is 1. The number of benzene rings is 2. The van der Waals surface area contributed by atoms with Crippen molar-refractivity contribution in [3.63, 3.8) is 0 Å². The zero-order valence-electron chi connectivity index (χ0n) is 10.7. The van der Waals surface area contributed by atoms with Crippen molar-refractivity contribution in [1.82, 2.24) is 0 Å². The monoisotopic (exact) mass is 249 g/mol. The van der Waals surface area contributed by atoms with Gasteiger partial charge in [0.1, 0.15) is 0 Å². The fourth-order valence-electron chi connectivity index (χ4n) is 3.41. The Morgan fingerprint density at radius 3 is 2.58 bits per heavy atom. The average Bonchev–Trinajstić information content (AvgIpc) is 2.80. The van der Waals surface area contributed by atoms with Crippen LogP contribution in [0, 0.1) is 0 Å². The minimum absolute atomic E-state index is 0.213. The molecule has 2 aromatic carbocycles. The maximum atomic E-state index is 12.4. The highest BCUT2D eigenvalue weighted by Gasteiger charge is 2.38. The standard InChI is InChI=1S/C17H15NO/c19-16-11-14-8-4-7-13-9-10-15(18(16)17(13)14)12-5-2-1-3-6-12/h1-8,15H,9-11H2. The van der Waals surface area contributed by atoms with E-state index in [-0.39, 0.29) is 11.9 Å². The highest BCUT2D eigenvalue weighted by atomic mass is 16.2. The van der Waals surface area contributed by atoms with Gasteiger partial charge in [-0.05, 0) is 29.5 Å². The summed E-state index contributed by atoms with van der Waals surface area (Å²) in [4.78, 5) is 14.4. The summed E-state index contributed by atoms with van der Waals surface area (Å²) in [5.41, 5.74) is 4.96. The van der Waals surface area contributed by atoms with Crippen LogP contribution in [0.15, 0.2) is 48.5 Å². The second-order valence-corrected chi connectivity index (χ2v) is 5.33. The van der Waals surface area contributed by atoms with Gasteiger partial charge in [0.05, 0.1) is 18.2 Å². The molecule has 0 saturated carbocycles. The molecule has 0 bridgehead atoms. The van der Waals surface area contributed by atoms with E-state index in [1.54, 1.807) is 0 Å². The van der Waals surface area contributed by atoms with Crippen LogP contribution in [0.1, 0.15) is 29.2 Å². The quantitative estimate of drug-likeness (QED) is 0.759. The van der Waals surface area contributed by atoms with Crippen molar-refractivity contribution < 1.29 is 4.79 Å². The number of hydrogen-bond donors (Lipinski definition) is 0. The van der Waals surface area contributed by atoms with E-state index < -0.39 is 0 Å². The van der Waals surface area contributed by atoms with Crippen molar-refractivity contribution in [2.45, 2.75) is 25.3 Å². The van der Waals surface area contributed by atoms with Crippen molar-refractivity contribution in [3.05, 3.63) is 65.2 Å². The van der Waals surface area contributed by atoms with E-state index in [9.17, 15) is 4.79 Å². The van der Waals surface area contributed by atoms with E-state index >= 15 is 0 Å². The van der Waals surface area contributed by atoms with Crippen molar-refractivity contribution in [3.8, 4) is 0 Å². The van der Waals surface area contributed by atoms with Crippen LogP contribution in [0.25, 0.3) is 0 Å². The van der Waals surface area contributed by atoms with Crippen molar-refractivity contribution >= 4 is 11.6 Å². The molecule has 2 nitrogen and oxygen atoms in total. The van der Waals surface area contributed by atoms with Crippen LogP contribution in [-0.2, 0) is 17.6 Å². The number of nitrogens with zero attached hydrogens (tertiary/aromatic N) is 1. The lowest BCUT2D eigenvalue weighted by Crippen LogP contribution is -2.35. The molecule has 2 heteroatoms. The largest absolute Gasteiger partial charge is 0.304 e. The third-order valence-corrected chi connectivity index (χ3v) is 4.24. The molecule has 2 heterocycles. The fraction of sp³-hybridized carbons (Fsp3) is 0.235. The molecule has 1 atom stereocenters. The second-order valence-electron chi connectivity index (χ2n) is 5.33. The Hall–Kier alpha value is -2.09. The predicted molar refractivity (Wildman–Crippen MR) is 75.1 cm³/mol. The summed E-state index contributed by atoms with van der Waals surface area (Å²) in [6, 6.07) is 16.9. The van der Waals surface area contributed by atoms with Gasteiger partial charge in [-0.1, -0.05) is 48.5 Å². The van der Waals surface area contributed by atoms with Crippen LogP contribution in [0.5, 0.6) is 0 Å². The first-order valence-electron chi connectivity index (χ1n) is 6.82. The molecular weight excluding hydrogens is 234 g/mol. The van der Waals surface area contributed by atoms with E-state index in [1.807, 2.05) is 11.0 Å². The van der Waals surface area contributed by atoms with Gasteiger partial charge in [-0.25, -0.2) is 0 Å². The molecular formula is C17H15NO. The predicted octanol–water partition coefficient (Wildman–Crippen LogP) is 3.26. The van der Waals surface area contributed by atoms with Gasteiger partial charge in [0.25, 0.3) is 0 Å². The number of anilines is 1. The van der Waals surface area contributed by atoms with Crippen molar-refractivity contribution in [2.24, 2.45) is 0 Å². The molecule has 2 aromatic rings. The number of amides is 1. The van der Waals surface area contributed by atoms with Crippen LogP contribution >= 0.6 is 0 Å².